The first-order valence-electron chi connectivity index (χ1n) is 6.13. The largest absolute Gasteiger partial charge is 0.465 e. The van der Waals surface area contributed by atoms with Gasteiger partial charge >= 0.3 is 5.97 Å². The Balaban J connectivity index is 1.77. The number of aromatic nitrogens is 2. The molecule has 0 aromatic carbocycles. The molecule has 2 aromatic heterocycles. The van der Waals surface area contributed by atoms with E-state index in [9.17, 15) is 9.59 Å². The van der Waals surface area contributed by atoms with Gasteiger partial charge in [0.1, 0.15) is 4.88 Å². The molecule has 1 N–H and O–H groups in total. The summed E-state index contributed by atoms with van der Waals surface area (Å²) < 4.78 is 6.55. The van der Waals surface area contributed by atoms with Gasteiger partial charge < -0.3 is 14.6 Å². The number of hydrogen-bond acceptors (Lipinski definition) is 5. The number of esters is 1. The minimum Gasteiger partial charge on any atom is -0.465 e. The number of amides is 1. The number of methoxy groups -OCH3 is 1. The lowest BCUT2D eigenvalue weighted by atomic mass is 10.3. The molecule has 2 heterocycles. The number of ether oxygens (including phenoxy) is 1. The maximum Gasteiger partial charge on any atom is 0.348 e. The quantitative estimate of drug-likeness (QED) is 0.648. The fourth-order valence-electron chi connectivity index (χ4n) is 1.64. The van der Waals surface area contributed by atoms with Crippen molar-refractivity contribution in [2.24, 2.45) is 0 Å². The molecule has 0 aliphatic rings. The second-order valence-corrected chi connectivity index (χ2v) is 5.15. The van der Waals surface area contributed by atoms with Crippen molar-refractivity contribution < 1.29 is 14.3 Å². The maximum atomic E-state index is 11.9. The van der Waals surface area contributed by atoms with E-state index < -0.39 is 5.97 Å². The molecule has 2 rings (SSSR count). The molecule has 0 fully saturated rings. The summed E-state index contributed by atoms with van der Waals surface area (Å²) in [5, 5.41) is 2.82. The standard InChI is InChI=1S/C13H15N3O3S/c1-19-13(18)11-4-3-10(20-11)12(17)15-5-2-7-16-8-6-14-9-16/h3-4,6,8-9H,2,5,7H2,1H3,(H,15,17). The normalized spacial score (nSPS) is 10.2. The van der Waals surface area contributed by atoms with Crippen molar-refractivity contribution in [3.63, 3.8) is 0 Å². The highest BCUT2D eigenvalue weighted by Gasteiger charge is 2.13. The van der Waals surface area contributed by atoms with Crippen LogP contribution in [0.25, 0.3) is 0 Å². The van der Waals surface area contributed by atoms with Crippen LogP contribution in [-0.2, 0) is 11.3 Å². The minimum absolute atomic E-state index is 0.171. The van der Waals surface area contributed by atoms with E-state index in [1.165, 1.54) is 7.11 Å². The van der Waals surface area contributed by atoms with Crippen molar-refractivity contribution in [1.82, 2.24) is 14.9 Å². The Bertz CT molecular complexity index is 577. The molecule has 0 aliphatic heterocycles. The van der Waals surface area contributed by atoms with Gasteiger partial charge in [0.25, 0.3) is 5.91 Å². The smallest absolute Gasteiger partial charge is 0.348 e. The molecule has 0 saturated heterocycles. The highest BCUT2D eigenvalue weighted by molar-refractivity contribution is 7.15. The zero-order valence-corrected chi connectivity index (χ0v) is 11.9. The lowest BCUT2D eigenvalue weighted by Gasteiger charge is -2.04. The summed E-state index contributed by atoms with van der Waals surface area (Å²) in [7, 11) is 1.32. The summed E-state index contributed by atoms with van der Waals surface area (Å²) in [6, 6.07) is 3.22. The number of carbonyl (C=O) groups excluding carboxylic acids is 2. The van der Waals surface area contributed by atoms with Crippen molar-refractivity contribution >= 4 is 23.2 Å². The summed E-state index contributed by atoms with van der Waals surface area (Å²) in [5.41, 5.74) is 0. The number of hydrogen-bond donors (Lipinski definition) is 1. The minimum atomic E-state index is -0.422. The van der Waals surface area contributed by atoms with Gasteiger partial charge in [0.05, 0.1) is 18.3 Å². The Labute approximate surface area is 120 Å². The molecule has 0 radical (unpaired) electrons. The number of aryl methyl sites for hydroxylation is 1. The molecular weight excluding hydrogens is 278 g/mol. The van der Waals surface area contributed by atoms with E-state index in [0.29, 0.717) is 16.3 Å². The molecule has 0 bridgehead atoms. The van der Waals surface area contributed by atoms with Gasteiger partial charge in [-0.05, 0) is 18.6 Å². The average molecular weight is 293 g/mol. The Morgan fingerprint density at radius 2 is 2.20 bits per heavy atom. The van der Waals surface area contributed by atoms with Crippen molar-refractivity contribution in [2.45, 2.75) is 13.0 Å². The van der Waals surface area contributed by atoms with Crippen LogP contribution in [0.15, 0.2) is 30.9 Å². The van der Waals surface area contributed by atoms with Crippen LogP contribution in [0, 0.1) is 0 Å². The zero-order chi connectivity index (χ0) is 14.4. The van der Waals surface area contributed by atoms with Crippen molar-refractivity contribution in [3.8, 4) is 0 Å². The first-order valence-corrected chi connectivity index (χ1v) is 6.94. The fourth-order valence-corrected chi connectivity index (χ4v) is 2.48. The van der Waals surface area contributed by atoms with Crippen LogP contribution in [-0.4, -0.2) is 35.1 Å². The first-order chi connectivity index (χ1) is 9.70. The van der Waals surface area contributed by atoms with Gasteiger partial charge in [0, 0.05) is 25.5 Å². The van der Waals surface area contributed by atoms with E-state index in [1.807, 2.05) is 10.8 Å². The van der Waals surface area contributed by atoms with Crippen molar-refractivity contribution in [2.75, 3.05) is 13.7 Å². The molecule has 6 nitrogen and oxygen atoms in total. The van der Waals surface area contributed by atoms with Crippen LogP contribution in [0.2, 0.25) is 0 Å². The predicted octanol–water partition coefficient (Wildman–Crippen LogP) is 1.55. The third-order valence-corrected chi connectivity index (χ3v) is 3.72. The van der Waals surface area contributed by atoms with Crippen LogP contribution in [0.4, 0.5) is 0 Å². The lowest BCUT2D eigenvalue weighted by molar-refractivity contribution is 0.0606. The summed E-state index contributed by atoms with van der Waals surface area (Å²) >= 11 is 1.13. The van der Waals surface area contributed by atoms with E-state index in [-0.39, 0.29) is 5.91 Å². The fraction of sp³-hybridized carbons (Fsp3) is 0.308. The van der Waals surface area contributed by atoms with Crippen LogP contribution in [0.5, 0.6) is 0 Å². The number of imidazole rings is 1. The van der Waals surface area contributed by atoms with E-state index in [4.69, 9.17) is 0 Å². The number of rotatable bonds is 6. The Morgan fingerprint density at radius 3 is 2.90 bits per heavy atom. The molecule has 7 heteroatoms. The summed E-state index contributed by atoms with van der Waals surface area (Å²) in [6.07, 6.45) is 6.16. The molecule has 0 aliphatic carbocycles. The average Bonchev–Trinajstić information content (AvgIpc) is 3.13. The van der Waals surface area contributed by atoms with Crippen molar-refractivity contribution in [3.05, 3.63) is 40.6 Å². The van der Waals surface area contributed by atoms with Gasteiger partial charge in [-0.2, -0.15) is 0 Å². The molecule has 0 atom stereocenters. The Kier molecular flexibility index (Phi) is 4.89. The van der Waals surface area contributed by atoms with E-state index in [2.05, 4.69) is 15.0 Å². The molecule has 0 spiro atoms. The predicted molar refractivity (Wildman–Crippen MR) is 74.8 cm³/mol. The monoisotopic (exact) mass is 293 g/mol. The van der Waals surface area contributed by atoms with Crippen LogP contribution < -0.4 is 5.32 Å². The van der Waals surface area contributed by atoms with Gasteiger partial charge in [0.15, 0.2) is 0 Å². The van der Waals surface area contributed by atoms with E-state index >= 15 is 0 Å². The Morgan fingerprint density at radius 1 is 1.40 bits per heavy atom. The SMILES string of the molecule is COC(=O)c1ccc(C(=O)NCCCn2ccnc2)s1. The second kappa shape index (κ2) is 6.85. The number of nitrogens with one attached hydrogen (secondary N) is 1. The van der Waals surface area contributed by atoms with Crippen LogP contribution >= 0.6 is 11.3 Å². The first kappa shape index (κ1) is 14.3. The molecule has 0 unspecified atom stereocenters. The van der Waals surface area contributed by atoms with Crippen molar-refractivity contribution in [1.29, 1.82) is 0 Å². The third kappa shape index (κ3) is 3.67. The molecule has 20 heavy (non-hydrogen) atoms. The topological polar surface area (TPSA) is 73.2 Å². The van der Waals surface area contributed by atoms with Crippen LogP contribution in [0.1, 0.15) is 25.8 Å². The second-order valence-electron chi connectivity index (χ2n) is 4.07. The molecule has 2 aromatic rings. The van der Waals surface area contributed by atoms with Gasteiger partial charge in [-0.1, -0.05) is 0 Å². The maximum absolute atomic E-state index is 11.9. The van der Waals surface area contributed by atoms with E-state index in [0.717, 1.165) is 24.3 Å². The molecule has 1 amide bonds. The van der Waals surface area contributed by atoms with Gasteiger partial charge in [-0.25, -0.2) is 9.78 Å². The van der Waals surface area contributed by atoms with E-state index in [1.54, 1.807) is 24.7 Å². The highest BCUT2D eigenvalue weighted by Crippen LogP contribution is 2.17. The highest BCUT2D eigenvalue weighted by atomic mass is 32.1. The molecule has 106 valence electrons. The summed E-state index contributed by atoms with van der Waals surface area (Å²) in [6.45, 7) is 1.38. The zero-order valence-electron chi connectivity index (χ0n) is 11.0. The van der Waals surface area contributed by atoms with Gasteiger partial charge in [-0.15, -0.1) is 11.3 Å². The number of thiophene rings is 1. The number of carbonyl (C=O) groups is 2. The third-order valence-electron chi connectivity index (χ3n) is 2.65. The number of nitrogens with zero attached hydrogens (tertiary/aromatic N) is 2. The molecule has 0 saturated carbocycles. The summed E-state index contributed by atoms with van der Waals surface area (Å²) in [5.74, 6) is -0.593. The lowest BCUT2D eigenvalue weighted by Crippen LogP contribution is -2.24. The van der Waals surface area contributed by atoms with Gasteiger partial charge in [0.2, 0.25) is 0 Å². The Hall–Kier alpha value is -2.15. The molecular formula is C13H15N3O3S. The van der Waals surface area contributed by atoms with Crippen LogP contribution in [0.3, 0.4) is 0 Å². The van der Waals surface area contributed by atoms with Gasteiger partial charge in [-0.3, -0.25) is 4.79 Å². The summed E-state index contributed by atoms with van der Waals surface area (Å²) in [4.78, 5) is 28.0.